The van der Waals surface area contributed by atoms with Crippen molar-refractivity contribution in [2.75, 3.05) is 10.8 Å². The first-order chi connectivity index (χ1) is 21.8. The van der Waals surface area contributed by atoms with E-state index < -0.39 is 28.5 Å². The second-order valence-corrected chi connectivity index (χ2v) is 14.4. The van der Waals surface area contributed by atoms with E-state index in [4.69, 9.17) is 23.2 Å². The molecular weight excluding hydrogens is 641 g/mol. The van der Waals surface area contributed by atoms with Gasteiger partial charge in [0.2, 0.25) is 11.8 Å². The van der Waals surface area contributed by atoms with E-state index in [1.807, 2.05) is 77.1 Å². The zero-order valence-electron chi connectivity index (χ0n) is 26.6. The number of rotatable bonds is 12. The van der Waals surface area contributed by atoms with Gasteiger partial charge in [0.15, 0.2) is 0 Å². The highest BCUT2D eigenvalue weighted by Gasteiger charge is 2.35. The van der Waals surface area contributed by atoms with E-state index in [0.717, 1.165) is 21.0 Å². The quantitative estimate of drug-likeness (QED) is 0.171. The summed E-state index contributed by atoms with van der Waals surface area (Å²) in [5, 5.41) is 3.70. The lowest BCUT2D eigenvalue weighted by Gasteiger charge is -2.34. The number of carbonyl (C=O) groups excluding carboxylic acids is 2. The van der Waals surface area contributed by atoms with Crippen LogP contribution in [0.15, 0.2) is 95.9 Å². The first-order valence-corrected chi connectivity index (χ1v) is 17.2. The van der Waals surface area contributed by atoms with Crippen LogP contribution in [0.2, 0.25) is 10.0 Å². The van der Waals surface area contributed by atoms with Crippen LogP contribution in [0.4, 0.5) is 5.69 Å². The Kier molecular flexibility index (Phi) is 11.5. The van der Waals surface area contributed by atoms with Gasteiger partial charge in [-0.1, -0.05) is 95.0 Å². The lowest BCUT2D eigenvalue weighted by atomic mass is 10.0. The first-order valence-electron chi connectivity index (χ1n) is 15.0. The average Bonchev–Trinajstić information content (AvgIpc) is 2.99. The number of sulfonamides is 1. The number of nitrogens with zero attached hydrogens (tertiary/aromatic N) is 2. The molecule has 0 spiro atoms. The number of nitrogens with one attached hydrogen (secondary N) is 1. The highest BCUT2D eigenvalue weighted by atomic mass is 35.5. The number of benzene rings is 4. The molecule has 0 fully saturated rings. The van der Waals surface area contributed by atoms with Crippen LogP contribution in [0.1, 0.15) is 41.7 Å². The molecule has 46 heavy (non-hydrogen) atoms. The average molecular weight is 681 g/mol. The molecule has 0 radical (unpaired) electrons. The van der Waals surface area contributed by atoms with Gasteiger partial charge in [-0.15, -0.1) is 0 Å². The number of anilines is 1. The highest BCUT2D eigenvalue weighted by molar-refractivity contribution is 7.92. The van der Waals surface area contributed by atoms with Gasteiger partial charge in [-0.25, -0.2) is 8.42 Å². The number of hydrogen-bond donors (Lipinski definition) is 1. The maximum absolute atomic E-state index is 14.6. The van der Waals surface area contributed by atoms with E-state index in [0.29, 0.717) is 26.9 Å². The third kappa shape index (κ3) is 8.69. The Morgan fingerprint density at radius 2 is 1.48 bits per heavy atom. The summed E-state index contributed by atoms with van der Waals surface area (Å²) in [5.41, 5.74) is 4.31. The maximum Gasteiger partial charge on any atom is 0.264 e. The molecule has 10 heteroatoms. The van der Waals surface area contributed by atoms with Crippen LogP contribution < -0.4 is 9.62 Å². The van der Waals surface area contributed by atoms with Crippen LogP contribution >= 0.6 is 23.2 Å². The van der Waals surface area contributed by atoms with Crippen molar-refractivity contribution in [1.82, 2.24) is 10.2 Å². The second kappa shape index (κ2) is 15.2. The van der Waals surface area contributed by atoms with Crippen molar-refractivity contribution in [3.8, 4) is 0 Å². The Bertz CT molecular complexity index is 1800. The Hall–Kier alpha value is -3.85. The summed E-state index contributed by atoms with van der Waals surface area (Å²) in [6.45, 7) is 8.68. The minimum atomic E-state index is -4.20. The molecule has 0 unspecified atom stereocenters. The molecule has 0 bridgehead atoms. The predicted octanol–water partition coefficient (Wildman–Crippen LogP) is 7.28. The first kappa shape index (κ1) is 35.0. The van der Waals surface area contributed by atoms with Crippen LogP contribution in [0.3, 0.4) is 0 Å². The van der Waals surface area contributed by atoms with Gasteiger partial charge >= 0.3 is 0 Å². The van der Waals surface area contributed by atoms with Gasteiger partial charge in [0.1, 0.15) is 12.6 Å². The SMILES string of the molecule is Cc1ccc(S(=O)(=O)N(CC(=O)N(Cc2ccc(Cl)cc2Cl)[C@@H](Cc2ccccc2)C(=O)NC(C)C)c2ccc(C)cc2C)cc1. The molecule has 1 atom stereocenters. The van der Waals surface area contributed by atoms with Gasteiger partial charge in [-0.05, 0) is 81.6 Å². The fourth-order valence-corrected chi connectivity index (χ4v) is 7.15. The number of hydrogen-bond acceptors (Lipinski definition) is 4. The highest BCUT2D eigenvalue weighted by Crippen LogP contribution is 2.29. The fourth-order valence-electron chi connectivity index (χ4n) is 5.20. The molecular formula is C36H39Cl2N3O4S. The smallest absolute Gasteiger partial charge is 0.264 e. The standard InChI is InChI=1S/C36H39Cl2N3O4S/c1-24(2)39-36(43)34(20-28-9-7-6-8-10-28)40(22-29-14-15-30(37)21-32(29)38)35(42)23-41(33-18-13-26(4)19-27(33)5)46(44,45)31-16-11-25(3)12-17-31/h6-19,21,24,34H,20,22-23H2,1-5H3,(H,39,43)/t34-/m0/s1. The van der Waals surface area contributed by atoms with Gasteiger partial charge in [0.25, 0.3) is 10.0 Å². The summed E-state index contributed by atoms with van der Waals surface area (Å²) < 4.78 is 29.7. The molecule has 0 aliphatic carbocycles. The van der Waals surface area contributed by atoms with Crippen molar-refractivity contribution in [3.63, 3.8) is 0 Å². The predicted molar refractivity (Wildman–Crippen MR) is 186 cm³/mol. The molecule has 0 aliphatic heterocycles. The molecule has 0 aromatic heterocycles. The van der Waals surface area contributed by atoms with Crippen LogP contribution in [-0.2, 0) is 32.6 Å². The molecule has 2 amide bonds. The zero-order chi connectivity index (χ0) is 33.6. The van der Waals surface area contributed by atoms with Crippen molar-refractivity contribution in [3.05, 3.63) is 129 Å². The minimum absolute atomic E-state index is 0.0524. The largest absolute Gasteiger partial charge is 0.352 e. The molecule has 7 nitrogen and oxygen atoms in total. The minimum Gasteiger partial charge on any atom is -0.352 e. The topological polar surface area (TPSA) is 86.8 Å². The van der Waals surface area contributed by atoms with E-state index >= 15 is 0 Å². The zero-order valence-corrected chi connectivity index (χ0v) is 29.0. The third-order valence-corrected chi connectivity index (χ3v) is 9.93. The molecule has 0 saturated heterocycles. The molecule has 242 valence electrons. The molecule has 4 aromatic carbocycles. The van der Waals surface area contributed by atoms with Gasteiger partial charge in [-0.2, -0.15) is 0 Å². The summed E-state index contributed by atoms with van der Waals surface area (Å²) >= 11 is 12.8. The number of aryl methyl sites for hydroxylation is 3. The summed E-state index contributed by atoms with van der Waals surface area (Å²) in [7, 11) is -4.20. The maximum atomic E-state index is 14.6. The Morgan fingerprint density at radius 3 is 2.09 bits per heavy atom. The van der Waals surface area contributed by atoms with Gasteiger partial charge < -0.3 is 10.2 Å². The number of carbonyl (C=O) groups is 2. The van der Waals surface area contributed by atoms with Gasteiger partial charge in [-0.3, -0.25) is 13.9 Å². The van der Waals surface area contributed by atoms with E-state index in [-0.39, 0.29) is 29.8 Å². The van der Waals surface area contributed by atoms with E-state index in [1.54, 1.807) is 36.4 Å². The summed E-state index contributed by atoms with van der Waals surface area (Å²) in [6.07, 6.45) is 0.199. The van der Waals surface area contributed by atoms with E-state index in [9.17, 15) is 18.0 Å². The lowest BCUT2D eigenvalue weighted by molar-refractivity contribution is -0.140. The summed E-state index contributed by atoms with van der Waals surface area (Å²) in [5.74, 6) is -0.932. The molecule has 0 heterocycles. The molecule has 0 saturated carbocycles. The van der Waals surface area contributed by atoms with Crippen LogP contribution in [0.25, 0.3) is 0 Å². The second-order valence-electron chi connectivity index (χ2n) is 11.7. The van der Waals surface area contributed by atoms with E-state index in [1.165, 1.54) is 17.0 Å². The number of halogens is 2. The van der Waals surface area contributed by atoms with Crippen molar-refractivity contribution < 1.29 is 18.0 Å². The molecule has 1 N–H and O–H groups in total. The van der Waals surface area contributed by atoms with Crippen LogP contribution in [0.5, 0.6) is 0 Å². The summed E-state index contributed by atoms with van der Waals surface area (Å²) in [6, 6.07) is 25.0. The molecule has 0 aliphatic rings. The Morgan fingerprint density at radius 1 is 0.826 bits per heavy atom. The van der Waals surface area contributed by atoms with Crippen molar-refractivity contribution >= 4 is 50.7 Å². The van der Waals surface area contributed by atoms with E-state index in [2.05, 4.69) is 5.32 Å². The monoisotopic (exact) mass is 679 g/mol. The van der Waals surface area contributed by atoms with Crippen molar-refractivity contribution in [2.24, 2.45) is 0 Å². The van der Waals surface area contributed by atoms with Gasteiger partial charge in [0, 0.05) is 29.1 Å². The van der Waals surface area contributed by atoms with Crippen LogP contribution in [0, 0.1) is 20.8 Å². The lowest BCUT2D eigenvalue weighted by Crippen LogP contribution is -2.54. The van der Waals surface area contributed by atoms with Crippen LogP contribution in [-0.4, -0.2) is 43.8 Å². The normalized spacial score (nSPS) is 12.1. The molecule has 4 aromatic rings. The van der Waals surface area contributed by atoms with Crippen molar-refractivity contribution in [2.45, 2.75) is 64.6 Å². The number of amides is 2. The summed E-state index contributed by atoms with van der Waals surface area (Å²) in [4.78, 5) is 29.9. The molecule has 4 rings (SSSR count). The Labute approximate surface area is 282 Å². The Balaban J connectivity index is 1.85. The third-order valence-electron chi connectivity index (χ3n) is 7.57. The van der Waals surface area contributed by atoms with Crippen molar-refractivity contribution in [1.29, 1.82) is 0 Å². The van der Waals surface area contributed by atoms with Gasteiger partial charge in [0.05, 0.1) is 10.6 Å². The fraction of sp³-hybridized carbons (Fsp3) is 0.278.